The molecule has 1 fully saturated rings. The molecule has 0 spiro atoms. The van der Waals surface area contributed by atoms with E-state index in [4.69, 9.17) is 16.3 Å². The monoisotopic (exact) mass is 413 g/mol. The second kappa shape index (κ2) is 7.45. The zero-order valence-corrected chi connectivity index (χ0v) is 15.0. The van der Waals surface area contributed by atoms with Crippen LogP contribution in [-0.2, 0) is 14.4 Å². The van der Waals surface area contributed by atoms with Gasteiger partial charge in [-0.1, -0.05) is 11.6 Å². The molecule has 1 saturated heterocycles. The van der Waals surface area contributed by atoms with Gasteiger partial charge in [-0.15, -0.1) is 11.8 Å². The summed E-state index contributed by atoms with van der Waals surface area (Å²) in [6, 6.07) is 4.31. The molecule has 2 N–H and O–H groups in total. The van der Waals surface area contributed by atoms with E-state index in [0.717, 1.165) is 4.90 Å². The molecule has 0 bridgehead atoms. The number of β-lactam (4-membered cyclic amide) rings is 1. The molecule has 142 valence electrons. The van der Waals surface area contributed by atoms with E-state index in [-0.39, 0.29) is 27.9 Å². The average Bonchev–Trinajstić information content (AvgIpc) is 2.64. The Morgan fingerprint density at radius 1 is 1.41 bits per heavy atom. The van der Waals surface area contributed by atoms with Gasteiger partial charge in [0.1, 0.15) is 22.9 Å². The van der Waals surface area contributed by atoms with Crippen LogP contribution in [0.5, 0.6) is 5.75 Å². The van der Waals surface area contributed by atoms with E-state index in [0.29, 0.717) is 0 Å². The fourth-order valence-electron chi connectivity index (χ4n) is 2.61. The standard InChI is InChI=1S/C15H12ClN3O7S/c16-9-6-27-14-11(13(21)18(14)12(9)15(22)23)17-10(20)5-26-8-3-1-7(2-4-8)19(24)25/h1-4,11,14H,5-6H2,(H,17,20)(H,22,23)/t11-,14-/m1/s1. The lowest BCUT2D eigenvalue weighted by Gasteiger charge is -2.48. The molecule has 1 aromatic carbocycles. The summed E-state index contributed by atoms with van der Waals surface area (Å²) >= 11 is 7.12. The number of carbonyl (C=O) groups excluding carboxylic acids is 2. The van der Waals surface area contributed by atoms with Gasteiger partial charge in [-0.2, -0.15) is 0 Å². The molecule has 12 heteroatoms. The lowest BCUT2D eigenvalue weighted by atomic mass is 10.1. The Hall–Kier alpha value is -2.79. The van der Waals surface area contributed by atoms with Crippen molar-refractivity contribution < 1.29 is 29.2 Å². The highest BCUT2D eigenvalue weighted by Gasteiger charge is 2.54. The zero-order valence-electron chi connectivity index (χ0n) is 13.5. The third kappa shape index (κ3) is 3.69. The SMILES string of the molecule is O=C(COc1ccc([N+](=O)[O-])cc1)N[C@@H]1C(=O)N2C(C(=O)O)=C(Cl)CS[C@H]12. The molecular weight excluding hydrogens is 402 g/mol. The number of fused-ring (bicyclic) bond motifs is 1. The van der Waals surface area contributed by atoms with Crippen molar-refractivity contribution in [1.82, 2.24) is 10.2 Å². The van der Waals surface area contributed by atoms with Crippen LogP contribution in [0, 0.1) is 10.1 Å². The molecule has 0 saturated carbocycles. The van der Waals surface area contributed by atoms with Crippen LogP contribution in [-0.4, -0.2) is 56.5 Å². The largest absolute Gasteiger partial charge is 0.484 e. The maximum atomic E-state index is 12.2. The van der Waals surface area contributed by atoms with Gasteiger partial charge in [0.15, 0.2) is 6.61 Å². The van der Waals surface area contributed by atoms with Crippen LogP contribution in [0.15, 0.2) is 35.0 Å². The number of thioether (sulfide) groups is 1. The van der Waals surface area contributed by atoms with Crippen molar-refractivity contribution in [3.05, 3.63) is 45.1 Å². The summed E-state index contributed by atoms with van der Waals surface area (Å²) in [5.74, 6) is -1.96. The van der Waals surface area contributed by atoms with Crippen LogP contribution in [0.2, 0.25) is 0 Å². The first-order chi connectivity index (χ1) is 12.8. The molecule has 10 nitrogen and oxygen atoms in total. The number of nitrogens with one attached hydrogen (secondary N) is 1. The second-order valence-electron chi connectivity index (χ2n) is 5.55. The number of carboxylic acids is 1. The number of benzene rings is 1. The van der Waals surface area contributed by atoms with Crippen LogP contribution in [0.25, 0.3) is 0 Å². The molecule has 0 unspecified atom stereocenters. The number of carbonyl (C=O) groups is 3. The van der Waals surface area contributed by atoms with Crippen molar-refractivity contribution in [1.29, 1.82) is 0 Å². The Labute approximate surface area is 161 Å². The van der Waals surface area contributed by atoms with Crippen LogP contribution in [0.4, 0.5) is 5.69 Å². The number of hydrogen-bond acceptors (Lipinski definition) is 7. The van der Waals surface area contributed by atoms with Crippen molar-refractivity contribution in [2.24, 2.45) is 0 Å². The molecule has 2 atom stereocenters. The number of hydrogen-bond donors (Lipinski definition) is 2. The van der Waals surface area contributed by atoms with E-state index in [1.54, 1.807) is 0 Å². The Morgan fingerprint density at radius 3 is 2.67 bits per heavy atom. The van der Waals surface area contributed by atoms with Gasteiger partial charge in [-0.25, -0.2) is 4.79 Å². The van der Waals surface area contributed by atoms with Crippen LogP contribution in [0.3, 0.4) is 0 Å². The second-order valence-corrected chi connectivity index (χ2v) is 7.11. The number of ether oxygens (including phenoxy) is 1. The predicted octanol–water partition coefficient (Wildman–Crippen LogP) is 0.908. The third-order valence-electron chi connectivity index (χ3n) is 3.86. The number of amides is 2. The number of rotatable bonds is 6. The van der Waals surface area contributed by atoms with Gasteiger partial charge in [-0.05, 0) is 12.1 Å². The molecule has 2 aliphatic rings. The van der Waals surface area contributed by atoms with E-state index in [9.17, 15) is 29.6 Å². The lowest BCUT2D eigenvalue weighted by Crippen LogP contribution is -2.70. The van der Waals surface area contributed by atoms with Gasteiger partial charge in [0.2, 0.25) is 0 Å². The quantitative estimate of drug-likeness (QED) is 0.398. The molecule has 1 aromatic rings. The predicted molar refractivity (Wildman–Crippen MR) is 94.1 cm³/mol. The number of nitro benzene ring substituents is 1. The average molecular weight is 414 g/mol. The molecule has 2 heterocycles. The van der Waals surface area contributed by atoms with Gasteiger partial charge >= 0.3 is 5.97 Å². The van der Waals surface area contributed by atoms with Gasteiger partial charge in [-0.3, -0.25) is 24.6 Å². The summed E-state index contributed by atoms with van der Waals surface area (Å²) in [5, 5.41) is 21.8. The summed E-state index contributed by atoms with van der Waals surface area (Å²) in [5.41, 5.74) is -0.375. The molecule has 0 aromatic heterocycles. The lowest BCUT2D eigenvalue weighted by molar-refractivity contribution is -0.384. The summed E-state index contributed by atoms with van der Waals surface area (Å²) in [4.78, 5) is 46.6. The highest BCUT2D eigenvalue weighted by Crippen LogP contribution is 2.41. The molecule has 0 aliphatic carbocycles. The van der Waals surface area contributed by atoms with E-state index < -0.39 is 40.7 Å². The Bertz CT molecular complexity index is 857. The minimum atomic E-state index is -1.30. The maximum absolute atomic E-state index is 12.2. The first-order valence-corrected chi connectivity index (χ1v) is 8.95. The summed E-state index contributed by atoms with van der Waals surface area (Å²) in [7, 11) is 0. The maximum Gasteiger partial charge on any atom is 0.353 e. The number of halogens is 1. The van der Waals surface area contributed by atoms with Crippen molar-refractivity contribution >= 4 is 46.8 Å². The number of aliphatic carboxylic acids is 1. The minimum absolute atomic E-state index is 0.0726. The number of carboxylic acid groups (broad SMARTS) is 1. The van der Waals surface area contributed by atoms with Crippen LogP contribution in [0.1, 0.15) is 0 Å². The number of nitro groups is 1. The van der Waals surface area contributed by atoms with Gasteiger partial charge in [0.25, 0.3) is 17.5 Å². The van der Waals surface area contributed by atoms with E-state index >= 15 is 0 Å². The zero-order chi connectivity index (χ0) is 19.7. The molecule has 27 heavy (non-hydrogen) atoms. The Morgan fingerprint density at radius 2 is 2.07 bits per heavy atom. The molecule has 2 amide bonds. The normalized spacial score (nSPS) is 21.2. The Kier molecular flexibility index (Phi) is 5.24. The minimum Gasteiger partial charge on any atom is -0.484 e. The first-order valence-electron chi connectivity index (χ1n) is 7.53. The number of non-ortho nitro benzene ring substituents is 1. The topological polar surface area (TPSA) is 139 Å². The number of nitrogens with zero attached hydrogens (tertiary/aromatic N) is 2. The van der Waals surface area contributed by atoms with Crippen molar-refractivity contribution in [2.75, 3.05) is 12.4 Å². The molecule has 3 rings (SSSR count). The smallest absolute Gasteiger partial charge is 0.353 e. The Balaban J connectivity index is 1.56. The first kappa shape index (κ1) is 19.0. The summed E-state index contributed by atoms with van der Waals surface area (Å²) in [6.45, 7) is -0.401. The molecule has 0 radical (unpaired) electrons. The fourth-order valence-corrected chi connectivity index (χ4v) is 4.16. The van der Waals surface area contributed by atoms with Crippen LogP contribution < -0.4 is 10.1 Å². The van der Waals surface area contributed by atoms with Gasteiger partial charge in [0.05, 0.1) is 9.96 Å². The van der Waals surface area contributed by atoms with E-state index in [2.05, 4.69) is 5.32 Å². The molecule has 2 aliphatic heterocycles. The highest BCUT2D eigenvalue weighted by atomic mass is 35.5. The van der Waals surface area contributed by atoms with Crippen molar-refractivity contribution in [3.63, 3.8) is 0 Å². The highest BCUT2D eigenvalue weighted by molar-refractivity contribution is 8.00. The van der Waals surface area contributed by atoms with Gasteiger partial charge < -0.3 is 15.2 Å². The van der Waals surface area contributed by atoms with E-state index in [1.807, 2.05) is 0 Å². The van der Waals surface area contributed by atoms with E-state index in [1.165, 1.54) is 36.0 Å². The summed E-state index contributed by atoms with van der Waals surface area (Å²) < 4.78 is 5.23. The third-order valence-corrected chi connectivity index (χ3v) is 5.61. The summed E-state index contributed by atoms with van der Waals surface area (Å²) in [6.07, 6.45) is 0. The van der Waals surface area contributed by atoms with Crippen LogP contribution >= 0.6 is 23.4 Å². The van der Waals surface area contributed by atoms with Crippen molar-refractivity contribution in [2.45, 2.75) is 11.4 Å². The molecular formula is C15H12ClN3O7S. The fraction of sp³-hybridized carbons (Fsp3) is 0.267. The van der Waals surface area contributed by atoms with Gasteiger partial charge in [0, 0.05) is 17.9 Å². The van der Waals surface area contributed by atoms with Crippen molar-refractivity contribution in [3.8, 4) is 5.75 Å².